The fourth-order valence-corrected chi connectivity index (χ4v) is 7.83. The molecule has 0 aromatic carbocycles. The molecule has 1 saturated carbocycles. The van der Waals surface area contributed by atoms with Gasteiger partial charge in [-0.25, -0.2) is 0 Å². The molecule has 1 aliphatic carbocycles. The molecule has 0 amide bonds. The van der Waals surface area contributed by atoms with Gasteiger partial charge < -0.3 is 14.6 Å². The molecule has 1 rings (SSSR count). The van der Waals surface area contributed by atoms with Crippen molar-refractivity contribution in [2.75, 3.05) is 6.61 Å². The number of hydrogen-bond acceptors (Lipinski definition) is 3. The predicted octanol–water partition coefficient (Wildman–Crippen LogP) is 11.6. The molecule has 0 aliphatic heterocycles. The molecular formula is C35H75NO2Si2. The van der Waals surface area contributed by atoms with Crippen LogP contribution in [-0.2, 0) is 8.85 Å². The maximum atomic E-state index is 6.91. The van der Waals surface area contributed by atoms with Crippen LogP contribution in [-0.4, -0.2) is 35.4 Å². The van der Waals surface area contributed by atoms with Crippen molar-refractivity contribution in [3.63, 3.8) is 0 Å². The molecule has 0 radical (unpaired) electrons. The minimum absolute atomic E-state index is 0.0453. The van der Waals surface area contributed by atoms with E-state index in [1.807, 2.05) is 0 Å². The Kier molecular flexibility index (Phi) is 17.4. The van der Waals surface area contributed by atoms with Crippen LogP contribution in [0.3, 0.4) is 0 Å². The average molecular weight is 598 g/mol. The Morgan fingerprint density at radius 1 is 0.650 bits per heavy atom. The van der Waals surface area contributed by atoms with Crippen LogP contribution in [0.15, 0.2) is 0 Å². The van der Waals surface area contributed by atoms with Gasteiger partial charge in [0.25, 0.3) is 0 Å². The predicted molar refractivity (Wildman–Crippen MR) is 184 cm³/mol. The van der Waals surface area contributed by atoms with Gasteiger partial charge in [-0.3, -0.25) is 0 Å². The maximum Gasteiger partial charge on any atom is 0.192 e. The monoisotopic (exact) mass is 598 g/mol. The summed E-state index contributed by atoms with van der Waals surface area (Å²) in [4.78, 5) is 0. The van der Waals surface area contributed by atoms with Crippen molar-refractivity contribution in [1.29, 1.82) is 0 Å². The highest BCUT2D eigenvalue weighted by atomic mass is 28.4. The standard InChI is InChI=1S/C35H75NO2Si2/c1-12-13-14-15-16-17-19-22-25-30-28-31(30)26-23-20-18-21-24-27-33(38-40(10,11)35(5,6)7)32(36)29-37-39(8,9)34(2,3)4/h30-33H,12-29,36H2,1-11H3/t30-,31+,32-,33+/m0/s1. The van der Waals surface area contributed by atoms with E-state index in [9.17, 15) is 0 Å². The Hall–Kier alpha value is 0.314. The Bertz CT molecular complexity index is 653. The molecule has 0 heterocycles. The molecule has 40 heavy (non-hydrogen) atoms. The summed E-state index contributed by atoms with van der Waals surface area (Å²) >= 11 is 0. The summed E-state index contributed by atoms with van der Waals surface area (Å²) in [5, 5.41) is 0.400. The zero-order valence-corrected chi connectivity index (χ0v) is 31.4. The lowest BCUT2D eigenvalue weighted by molar-refractivity contribution is 0.109. The maximum absolute atomic E-state index is 6.91. The van der Waals surface area contributed by atoms with Gasteiger partial charge in [0.1, 0.15) is 0 Å². The lowest BCUT2D eigenvalue weighted by Crippen LogP contribution is -2.52. The molecule has 5 heteroatoms. The zero-order valence-electron chi connectivity index (χ0n) is 29.4. The van der Waals surface area contributed by atoms with Crippen molar-refractivity contribution in [2.24, 2.45) is 17.6 Å². The fraction of sp³-hybridized carbons (Fsp3) is 1.00. The first kappa shape index (κ1) is 38.3. The molecule has 2 N–H and O–H groups in total. The van der Waals surface area contributed by atoms with Crippen LogP contribution in [0.25, 0.3) is 0 Å². The first-order chi connectivity index (χ1) is 18.5. The lowest BCUT2D eigenvalue weighted by atomic mass is 10.0. The second kappa shape index (κ2) is 18.2. The van der Waals surface area contributed by atoms with Crippen molar-refractivity contribution in [3.8, 4) is 0 Å². The van der Waals surface area contributed by atoms with Gasteiger partial charge in [-0.1, -0.05) is 145 Å². The molecule has 1 fully saturated rings. The third kappa shape index (κ3) is 15.2. The number of rotatable bonds is 23. The zero-order chi connectivity index (χ0) is 30.5. The highest BCUT2D eigenvalue weighted by Gasteiger charge is 2.42. The van der Waals surface area contributed by atoms with Crippen LogP contribution in [0.4, 0.5) is 0 Å². The summed E-state index contributed by atoms with van der Waals surface area (Å²) in [7, 11) is -3.69. The Labute approximate surface area is 255 Å². The molecule has 3 nitrogen and oxygen atoms in total. The highest BCUT2D eigenvalue weighted by molar-refractivity contribution is 6.74. The third-order valence-electron chi connectivity index (χ3n) is 10.7. The van der Waals surface area contributed by atoms with Gasteiger partial charge in [-0.05, 0) is 60.9 Å². The Morgan fingerprint density at radius 3 is 1.52 bits per heavy atom. The Balaban J connectivity index is 2.29. The Morgan fingerprint density at radius 2 is 1.07 bits per heavy atom. The number of unbranched alkanes of at least 4 members (excludes halogenated alkanes) is 11. The van der Waals surface area contributed by atoms with Gasteiger partial charge >= 0.3 is 0 Å². The molecule has 0 aromatic rings. The largest absolute Gasteiger partial charge is 0.415 e. The van der Waals surface area contributed by atoms with Gasteiger partial charge in [-0.15, -0.1) is 0 Å². The minimum atomic E-state index is -1.88. The summed E-state index contributed by atoms with van der Waals surface area (Å²) in [6, 6.07) is -0.0453. The SMILES string of the molecule is CCCCCCCCCC[C@H]1C[C@H]1CCCCCCC[C@@H](O[Si](C)(C)C(C)(C)C)[C@@H](N)CO[Si](C)(C)C(C)(C)C. The number of nitrogens with two attached hydrogens (primary N) is 1. The molecule has 4 atom stereocenters. The number of hydrogen-bond donors (Lipinski definition) is 1. The van der Waals surface area contributed by atoms with E-state index in [-0.39, 0.29) is 22.2 Å². The van der Waals surface area contributed by atoms with Crippen molar-refractivity contribution in [1.82, 2.24) is 0 Å². The van der Waals surface area contributed by atoms with E-state index in [0.29, 0.717) is 6.61 Å². The first-order valence-corrected chi connectivity index (χ1v) is 23.4. The summed E-state index contributed by atoms with van der Waals surface area (Å²) < 4.78 is 13.4. The van der Waals surface area contributed by atoms with Gasteiger partial charge in [0, 0.05) is 0 Å². The topological polar surface area (TPSA) is 44.5 Å². The molecule has 0 saturated heterocycles. The summed E-state index contributed by atoms with van der Waals surface area (Å²) in [5.74, 6) is 2.13. The second-order valence-electron chi connectivity index (χ2n) is 16.5. The van der Waals surface area contributed by atoms with E-state index >= 15 is 0 Å². The van der Waals surface area contributed by atoms with Crippen LogP contribution in [0.1, 0.15) is 158 Å². The van der Waals surface area contributed by atoms with Gasteiger partial charge in [0.05, 0.1) is 18.8 Å². The van der Waals surface area contributed by atoms with Gasteiger partial charge in [0.15, 0.2) is 16.6 Å². The van der Waals surface area contributed by atoms with Crippen molar-refractivity contribution in [2.45, 2.75) is 206 Å². The van der Waals surface area contributed by atoms with Crippen molar-refractivity contribution >= 4 is 16.6 Å². The van der Waals surface area contributed by atoms with Crippen LogP contribution in [0.2, 0.25) is 36.3 Å². The highest BCUT2D eigenvalue weighted by Crippen LogP contribution is 2.46. The van der Waals surface area contributed by atoms with E-state index in [1.54, 1.807) is 0 Å². The summed E-state index contributed by atoms with van der Waals surface area (Å²) in [6.45, 7) is 26.2. The van der Waals surface area contributed by atoms with Crippen molar-refractivity contribution in [3.05, 3.63) is 0 Å². The second-order valence-corrected chi connectivity index (χ2v) is 26.1. The van der Waals surface area contributed by atoms with Crippen LogP contribution < -0.4 is 5.73 Å². The normalized spacial score (nSPS) is 20.1. The molecule has 0 aromatic heterocycles. The quantitative estimate of drug-likeness (QED) is 0.0941. The fourth-order valence-electron chi connectivity index (χ4n) is 5.38. The minimum Gasteiger partial charge on any atom is -0.415 e. The van der Waals surface area contributed by atoms with E-state index in [1.165, 1.54) is 103 Å². The van der Waals surface area contributed by atoms with Crippen molar-refractivity contribution < 1.29 is 8.85 Å². The lowest BCUT2D eigenvalue weighted by Gasteiger charge is -2.42. The molecule has 240 valence electrons. The molecule has 1 aliphatic rings. The molecule has 0 spiro atoms. The van der Waals surface area contributed by atoms with Gasteiger partial charge in [0.2, 0.25) is 0 Å². The first-order valence-electron chi connectivity index (χ1n) is 17.6. The summed E-state index contributed by atoms with van der Waals surface area (Å²) in [5.41, 5.74) is 6.80. The van der Waals surface area contributed by atoms with Crippen LogP contribution in [0, 0.1) is 11.8 Å². The molecule has 0 unspecified atom stereocenters. The van der Waals surface area contributed by atoms with E-state index < -0.39 is 16.6 Å². The summed E-state index contributed by atoms with van der Waals surface area (Å²) in [6.07, 6.45) is 24.0. The smallest absolute Gasteiger partial charge is 0.192 e. The van der Waals surface area contributed by atoms with E-state index in [4.69, 9.17) is 14.6 Å². The van der Waals surface area contributed by atoms with Crippen LogP contribution >= 0.6 is 0 Å². The molecular weight excluding hydrogens is 523 g/mol. The third-order valence-corrected chi connectivity index (χ3v) is 19.7. The van der Waals surface area contributed by atoms with Gasteiger partial charge in [-0.2, -0.15) is 0 Å². The van der Waals surface area contributed by atoms with E-state index in [2.05, 4.69) is 74.7 Å². The molecule has 0 bridgehead atoms. The average Bonchev–Trinajstić information content (AvgIpc) is 3.59. The van der Waals surface area contributed by atoms with Crippen LogP contribution in [0.5, 0.6) is 0 Å². The van der Waals surface area contributed by atoms with E-state index in [0.717, 1.165) is 18.3 Å².